The van der Waals surface area contributed by atoms with Crippen LogP contribution in [0.5, 0.6) is 0 Å². The summed E-state index contributed by atoms with van der Waals surface area (Å²) in [5.74, 6) is -0.152. The zero-order chi connectivity index (χ0) is 22.3. The van der Waals surface area contributed by atoms with Gasteiger partial charge in [-0.05, 0) is 42.4 Å². The molecule has 2 heterocycles. The van der Waals surface area contributed by atoms with Crippen LogP contribution in [0.15, 0.2) is 36.0 Å². The van der Waals surface area contributed by atoms with Gasteiger partial charge in [0.2, 0.25) is 5.91 Å². The molecule has 2 aromatic rings. The minimum absolute atomic E-state index is 0.0944. The fourth-order valence-electron chi connectivity index (χ4n) is 4.56. The molecule has 0 bridgehead atoms. The van der Waals surface area contributed by atoms with E-state index >= 15 is 0 Å². The molecule has 1 N–H and O–H groups in total. The molecule has 164 valence electrons. The van der Waals surface area contributed by atoms with E-state index in [0.29, 0.717) is 19.4 Å². The number of fused-ring (bicyclic) bond motifs is 2. The Kier molecular flexibility index (Phi) is 6.08. The molecule has 1 aromatic carbocycles. The number of rotatable bonds is 1. The molecule has 1 aliphatic carbocycles. The molecule has 1 aromatic heterocycles. The SMILES string of the molecule is CC(=O)n1cc2c(n1)C(=C1CCN(C(=O)O)C(CC(Cl)(Cl)Cl)C1)c1ccccc1CC2. The Balaban J connectivity index is 1.86. The monoisotopic (exact) mass is 481 g/mol. The number of piperidine rings is 1. The molecule has 1 fully saturated rings. The normalized spacial score (nSPS) is 21.3. The lowest BCUT2D eigenvalue weighted by atomic mass is 9.86. The lowest BCUT2D eigenvalue weighted by molar-refractivity contribution is 0.0920. The minimum atomic E-state index is -1.56. The van der Waals surface area contributed by atoms with Crippen LogP contribution in [0, 0.1) is 0 Å². The first-order chi connectivity index (χ1) is 14.6. The van der Waals surface area contributed by atoms with Crippen molar-refractivity contribution in [2.45, 2.75) is 48.9 Å². The summed E-state index contributed by atoms with van der Waals surface area (Å²) in [5, 5.41) is 14.3. The summed E-state index contributed by atoms with van der Waals surface area (Å²) in [5.41, 5.74) is 6.11. The molecule has 31 heavy (non-hydrogen) atoms. The van der Waals surface area contributed by atoms with Gasteiger partial charge in [0.1, 0.15) is 0 Å². The summed E-state index contributed by atoms with van der Waals surface area (Å²) in [6, 6.07) is 7.70. The van der Waals surface area contributed by atoms with Crippen molar-refractivity contribution in [3.8, 4) is 0 Å². The van der Waals surface area contributed by atoms with E-state index in [9.17, 15) is 14.7 Å². The first-order valence-electron chi connectivity index (χ1n) is 10.1. The highest BCUT2D eigenvalue weighted by Gasteiger charge is 2.37. The lowest BCUT2D eigenvalue weighted by Gasteiger charge is -2.37. The number of benzene rings is 1. The Labute approximate surface area is 195 Å². The molecule has 6 nitrogen and oxygen atoms in total. The van der Waals surface area contributed by atoms with Crippen molar-refractivity contribution in [1.29, 1.82) is 0 Å². The van der Waals surface area contributed by atoms with E-state index in [-0.39, 0.29) is 12.3 Å². The van der Waals surface area contributed by atoms with Crippen LogP contribution >= 0.6 is 34.8 Å². The number of hydrogen-bond donors (Lipinski definition) is 1. The van der Waals surface area contributed by atoms with Gasteiger partial charge in [0.15, 0.2) is 3.79 Å². The number of likely N-dealkylation sites (tertiary alicyclic amines) is 1. The predicted molar refractivity (Wildman–Crippen MR) is 121 cm³/mol. The van der Waals surface area contributed by atoms with Gasteiger partial charge in [-0.3, -0.25) is 4.79 Å². The molecule has 0 radical (unpaired) electrons. The summed E-state index contributed by atoms with van der Waals surface area (Å²) in [4.78, 5) is 25.1. The maximum atomic E-state index is 12.0. The zero-order valence-corrected chi connectivity index (χ0v) is 19.2. The molecule has 9 heteroatoms. The number of carbonyl (C=O) groups is 2. The first kappa shape index (κ1) is 22.2. The largest absolute Gasteiger partial charge is 0.465 e. The number of carbonyl (C=O) groups excluding carboxylic acids is 1. The molecule has 1 amide bonds. The van der Waals surface area contributed by atoms with E-state index in [4.69, 9.17) is 34.8 Å². The number of nitrogens with zero attached hydrogens (tertiary/aromatic N) is 3. The zero-order valence-electron chi connectivity index (χ0n) is 16.9. The summed E-state index contributed by atoms with van der Waals surface area (Å²) in [6.45, 7) is 1.79. The lowest BCUT2D eigenvalue weighted by Crippen LogP contribution is -2.45. The van der Waals surface area contributed by atoms with Gasteiger partial charge < -0.3 is 10.0 Å². The van der Waals surface area contributed by atoms with Crippen LogP contribution in [0.2, 0.25) is 0 Å². The molecule has 1 aliphatic heterocycles. The molecular weight excluding hydrogens is 461 g/mol. The molecule has 0 spiro atoms. The topological polar surface area (TPSA) is 75.4 Å². The average molecular weight is 483 g/mol. The van der Waals surface area contributed by atoms with Crippen LogP contribution in [0.1, 0.15) is 53.4 Å². The summed E-state index contributed by atoms with van der Waals surface area (Å²) in [6.07, 6.45) is 3.48. The van der Waals surface area contributed by atoms with Gasteiger partial charge in [0.05, 0.1) is 5.69 Å². The average Bonchev–Trinajstić information content (AvgIpc) is 3.04. The second-order valence-electron chi connectivity index (χ2n) is 8.01. The van der Waals surface area contributed by atoms with Gasteiger partial charge in [-0.2, -0.15) is 5.10 Å². The third kappa shape index (κ3) is 4.61. The number of hydrogen-bond acceptors (Lipinski definition) is 3. The van der Waals surface area contributed by atoms with Crippen molar-refractivity contribution in [2.75, 3.05) is 6.54 Å². The maximum Gasteiger partial charge on any atom is 0.407 e. The van der Waals surface area contributed by atoms with Crippen LogP contribution < -0.4 is 0 Å². The van der Waals surface area contributed by atoms with Crippen LogP contribution in [0.3, 0.4) is 0 Å². The first-order valence-corrected chi connectivity index (χ1v) is 11.2. The van der Waals surface area contributed by atoms with Crippen molar-refractivity contribution in [3.63, 3.8) is 0 Å². The van der Waals surface area contributed by atoms with Gasteiger partial charge in [-0.25, -0.2) is 9.48 Å². The second-order valence-corrected chi connectivity index (χ2v) is 10.5. The van der Waals surface area contributed by atoms with Crippen molar-refractivity contribution in [3.05, 3.63) is 58.4 Å². The van der Waals surface area contributed by atoms with Crippen molar-refractivity contribution in [1.82, 2.24) is 14.7 Å². The molecule has 0 saturated carbocycles. The van der Waals surface area contributed by atoms with E-state index in [2.05, 4.69) is 17.2 Å². The number of carboxylic acid groups (broad SMARTS) is 1. The second kappa shape index (κ2) is 8.49. The van der Waals surface area contributed by atoms with Gasteiger partial charge >= 0.3 is 6.09 Å². The van der Waals surface area contributed by atoms with Crippen LogP contribution in [-0.4, -0.2) is 48.2 Å². The number of aromatic nitrogens is 2. The Bertz CT molecular complexity index is 1070. The smallest absolute Gasteiger partial charge is 0.407 e. The van der Waals surface area contributed by atoms with Gasteiger partial charge in [0.25, 0.3) is 0 Å². The molecule has 2 aliphatic rings. The van der Waals surface area contributed by atoms with Crippen molar-refractivity contribution >= 4 is 52.4 Å². The third-order valence-corrected chi connectivity index (χ3v) is 6.41. The van der Waals surface area contributed by atoms with Crippen molar-refractivity contribution < 1.29 is 14.7 Å². The molecule has 1 unspecified atom stereocenters. The van der Waals surface area contributed by atoms with E-state index in [1.807, 2.05) is 12.1 Å². The van der Waals surface area contributed by atoms with Gasteiger partial charge in [0, 0.05) is 37.7 Å². The molecule has 1 saturated heterocycles. The maximum absolute atomic E-state index is 12.0. The molecule has 1 atom stereocenters. The standard InChI is InChI=1S/C22H22Cl3N3O3/c1-13(29)28-12-16-7-6-14-4-2-3-5-18(14)19(20(16)26-28)15-8-9-27(21(30)31)17(10-15)11-22(23,24)25/h2-5,12,17H,6-11H2,1H3,(H,30,31). The Morgan fingerprint density at radius 2 is 1.87 bits per heavy atom. The van der Waals surface area contributed by atoms with E-state index in [0.717, 1.165) is 40.8 Å². The van der Waals surface area contributed by atoms with E-state index in [1.165, 1.54) is 22.1 Å². The highest BCUT2D eigenvalue weighted by Crippen LogP contribution is 2.42. The summed E-state index contributed by atoms with van der Waals surface area (Å²) in [7, 11) is 0. The summed E-state index contributed by atoms with van der Waals surface area (Å²) < 4.78 is -0.182. The van der Waals surface area contributed by atoms with Crippen LogP contribution in [0.25, 0.3) is 5.57 Å². The Hall–Kier alpha value is -2.02. The quantitative estimate of drug-likeness (QED) is 0.556. The molecular formula is C22H22Cl3N3O3. The number of alkyl halides is 3. The number of aryl methyl sites for hydroxylation is 2. The Morgan fingerprint density at radius 3 is 2.55 bits per heavy atom. The predicted octanol–water partition coefficient (Wildman–Crippen LogP) is 5.35. The van der Waals surface area contributed by atoms with E-state index in [1.54, 1.807) is 6.20 Å². The van der Waals surface area contributed by atoms with Crippen LogP contribution in [0.4, 0.5) is 4.79 Å². The summed E-state index contributed by atoms with van der Waals surface area (Å²) >= 11 is 18.1. The van der Waals surface area contributed by atoms with Crippen molar-refractivity contribution in [2.24, 2.45) is 0 Å². The van der Waals surface area contributed by atoms with Gasteiger partial charge in [-0.1, -0.05) is 64.6 Å². The number of amides is 1. The molecule has 4 rings (SSSR count). The van der Waals surface area contributed by atoms with E-state index < -0.39 is 15.9 Å². The fourth-order valence-corrected chi connectivity index (χ4v) is 5.10. The van der Waals surface area contributed by atoms with Crippen LogP contribution in [-0.2, 0) is 12.8 Å². The third-order valence-electron chi connectivity index (χ3n) is 5.94. The Morgan fingerprint density at radius 1 is 1.16 bits per heavy atom. The number of halogens is 3. The fraction of sp³-hybridized carbons (Fsp3) is 0.409. The van der Waals surface area contributed by atoms with Gasteiger partial charge in [-0.15, -0.1) is 0 Å². The highest BCUT2D eigenvalue weighted by molar-refractivity contribution is 6.67. The highest BCUT2D eigenvalue weighted by atomic mass is 35.6. The minimum Gasteiger partial charge on any atom is -0.465 e.